The summed E-state index contributed by atoms with van der Waals surface area (Å²) in [6, 6.07) is 2.71. The molecule has 0 N–H and O–H groups in total. The highest BCUT2D eigenvalue weighted by atomic mass is 28.4. The molecule has 86 valence electrons. The van der Waals surface area contributed by atoms with E-state index in [0.29, 0.717) is 0 Å². The normalized spacial score (nSPS) is 16.7. The van der Waals surface area contributed by atoms with Crippen LogP contribution in [0.25, 0.3) is 0 Å². The molecule has 0 aromatic rings. The van der Waals surface area contributed by atoms with Crippen LogP contribution in [0, 0.1) is 0 Å². The minimum atomic E-state index is -1.34. The van der Waals surface area contributed by atoms with Gasteiger partial charge < -0.3 is 4.12 Å². The quantitative estimate of drug-likeness (QED) is 0.582. The third kappa shape index (κ3) is 6.79. The first kappa shape index (κ1) is 14.4. The van der Waals surface area contributed by atoms with Crippen LogP contribution in [-0.2, 0) is 4.12 Å². The molecular weight excluding hydrogens is 204 g/mol. The van der Waals surface area contributed by atoms with Gasteiger partial charge >= 0.3 is 0 Å². The first-order valence-electron chi connectivity index (χ1n) is 6.03. The van der Waals surface area contributed by atoms with Gasteiger partial charge in [-0.25, -0.2) is 0 Å². The Hall–Kier alpha value is 0.394. The lowest BCUT2D eigenvalue weighted by Gasteiger charge is -2.34. The molecule has 0 spiro atoms. The van der Waals surface area contributed by atoms with Gasteiger partial charge in [-0.3, -0.25) is 0 Å². The van der Waals surface area contributed by atoms with Crippen molar-refractivity contribution in [2.24, 2.45) is 0 Å². The zero-order valence-electron chi connectivity index (χ0n) is 10.9. The summed E-state index contributed by atoms with van der Waals surface area (Å²) in [4.78, 5) is 0. The lowest BCUT2D eigenvalue weighted by Crippen LogP contribution is -2.44. The Kier molecular flexibility index (Phi) is 6.25. The van der Waals surface area contributed by atoms with Crippen LogP contribution in [0.5, 0.6) is 0 Å². The Labute approximate surface area is 92.5 Å². The van der Waals surface area contributed by atoms with E-state index < -0.39 is 16.6 Å². The number of hydrogen-bond donors (Lipinski definition) is 0. The second-order valence-corrected chi connectivity index (χ2v) is 14.5. The molecular formula is C11H28OSi2. The predicted molar refractivity (Wildman–Crippen MR) is 70.9 cm³/mol. The van der Waals surface area contributed by atoms with Gasteiger partial charge in [-0.15, -0.1) is 0 Å². The van der Waals surface area contributed by atoms with E-state index in [1.54, 1.807) is 0 Å². The van der Waals surface area contributed by atoms with E-state index in [9.17, 15) is 0 Å². The van der Waals surface area contributed by atoms with Crippen molar-refractivity contribution in [2.75, 3.05) is 0 Å². The molecule has 1 unspecified atom stereocenters. The van der Waals surface area contributed by atoms with E-state index in [1.807, 2.05) is 0 Å². The summed E-state index contributed by atoms with van der Waals surface area (Å²) in [6.45, 7) is 13.9. The average Bonchev–Trinajstić information content (AvgIpc) is 1.98. The largest absolute Gasteiger partial charge is 0.456 e. The number of unbranched alkanes of at least 4 members (excludes halogenated alkanes) is 1. The SMILES string of the molecule is CCCC[Si](C)(CCC)O[Si](C)(C)C. The van der Waals surface area contributed by atoms with Crippen molar-refractivity contribution in [2.45, 2.75) is 71.4 Å². The zero-order valence-corrected chi connectivity index (χ0v) is 12.9. The Bertz CT molecular complexity index is 154. The summed E-state index contributed by atoms with van der Waals surface area (Å²) in [7, 11) is -2.66. The fraction of sp³-hybridized carbons (Fsp3) is 1.00. The van der Waals surface area contributed by atoms with Gasteiger partial charge in [0, 0.05) is 0 Å². The molecule has 0 saturated carbocycles. The van der Waals surface area contributed by atoms with Crippen molar-refractivity contribution in [1.29, 1.82) is 0 Å². The van der Waals surface area contributed by atoms with E-state index in [4.69, 9.17) is 4.12 Å². The third-order valence-electron chi connectivity index (χ3n) is 2.39. The van der Waals surface area contributed by atoms with Crippen LogP contribution in [-0.4, -0.2) is 16.6 Å². The topological polar surface area (TPSA) is 9.23 Å². The van der Waals surface area contributed by atoms with Gasteiger partial charge in [-0.05, 0) is 38.3 Å². The average molecular weight is 233 g/mol. The van der Waals surface area contributed by atoms with E-state index >= 15 is 0 Å². The summed E-state index contributed by atoms with van der Waals surface area (Å²) in [5.41, 5.74) is 0. The van der Waals surface area contributed by atoms with Gasteiger partial charge in [0.05, 0.1) is 0 Å². The molecule has 0 aliphatic rings. The third-order valence-corrected chi connectivity index (χ3v) is 9.78. The first-order chi connectivity index (χ1) is 6.33. The highest BCUT2D eigenvalue weighted by Gasteiger charge is 2.32. The Morgan fingerprint density at radius 1 is 0.857 bits per heavy atom. The summed E-state index contributed by atoms with van der Waals surface area (Å²) in [5.74, 6) is 0. The summed E-state index contributed by atoms with van der Waals surface area (Å²) < 4.78 is 6.45. The summed E-state index contributed by atoms with van der Waals surface area (Å²) in [6.07, 6.45) is 3.95. The maximum absolute atomic E-state index is 6.45. The molecule has 3 heteroatoms. The van der Waals surface area contributed by atoms with Crippen molar-refractivity contribution in [3.05, 3.63) is 0 Å². The van der Waals surface area contributed by atoms with Crippen molar-refractivity contribution >= 4 is 16.6 Å². The molecule has 0 bridgehead atoms. The van der Waals surface area contributed by atoms with Crippen LogP contribution >= 0.6 is 0 Å². The van der Waals surface area contributed by atoms with Crippen LogP contribution < -0.4 is 0 Å². The second-order valence-electron chi connectivity index (χ2n) is 5.52. The molecule has 0 saturated heterocycles. The second kappa shape index (κ2) is 6.08. The van der Waals surface area contributed by atoms with Crippen molar-refractivity contribution in [1.82, 2.24) is 0 Å². The van der Waals surface area contributed by atoms with Gasteiger partial charge in [-0.2, -0.15) is 0 Å². The van der Waals surface area contributed by atoms with Gasteiger partial charge in [0.15, 0.2) is 16.6 Å². The van der Waals surface area contributed by atoms with Gasteiger partial charge in [0.2, 0.25) is 0 Å². The lowest BCUT2D eigenvalue weighted by molar-refractivity contribution is 0.529. The molecule has 0 aliphatic heterocycles. The molecule has 0 fully saturated rings. The van der Waals surface area contributed by atoms with E-state index in [0.717, 1.165) is 0 Å². The fourth-order valence-electron chi connectivity index (χ4n) is 2.05. The molecule has 0 aromatic heterocycles. The summed E-state index contributed by atoms with van der Waals surface area (Å²) in [5, 5.41) is 0. The van der Waals surface area contributed by atoms with Gasteiger partial charge in [0.25, 0.3) is 0 Å². The molecule has 0 heterocycles. The minimum absolute atomic E-state index is 1.29. The monoisotopic (exact) mass is 232 g/mol. The number of rotatable bonds is 7. The fourth-order valence-corrected chi connectivity index (χ4v) is 11.2. The molecule has 14 heavy (non-hydrogen) atoms. The molecule has 0 aromatic carbocycles. The zero-order chi connectivity index (χ0) is 11.2. The van der Waals surface area contributed by atoms with E-state index in [-0.39, 0.29) is 0 Å². The smallest absolute Gasteiger partial charge is 0.176 e. The van der Waals surface area contributed by atoms with Crippen LogP contribution in [0.15, 0.2) is 0 Å². The van der Waals surface area contributed by atoms with Crippen molar-refractivity contribution in [3.63, 3.8) is 0 Å². The van der Waals surface area contributed by atoms with E-state index in [2.05, 4.69) is 40.0 Å². The maximum atomic E-state index is 6.45. The van der Waals surface area contributed by atoms with Crippen LogP contribution in [0.2, 0.25) is 38.3 Å². The molecule has 1 nitrogen and oxygen atoms in total. The molecule has 0 aliphatic carbocycles. The van der Waals surface area contributed by atoms with Crippen LogP contribution in [0.1, 0.15) is 33.1 Å². The van der Waals surface area contributed by atoms with Crippen molar-refractivity contribution in [3.8, 4) is 0 Å². The highest BCUT2D eigenvalue weighted by Crippen LogP contribution is 2.25. The predicted octanol–water partition coefficient (Wildman–Crippen LogP) is 4.62. The number of hydrogen-bond acceptors (Lipinski definition) is 1. The molecule has 0 radical (unpaired) electrons. The van der Waals surface area contributed by atoms with Gasteiger partial charge in [-0.1, -0.05) is 33.1 Å². The Morgan fingerprint density at radius 3 is 1.79 bits per heavy atom. The Balaban J connectivity index is 4.23. The molecule has 0 amide bonds. The first-order valence-corrected chi connectivity index (χ1v) is 12.3. The Morgan fingerprint density at radius 2 is 1.43 bits per heavy atom. The highest BCUT2D eigenvalue weighted by molar-refractivity contribution is 6.84. The van der Waals surface area contributed by atoms with Crippen LogP contribution in [0.3, 0.4) is 0 Å². The standard InChI is InChI=1S/C11H28OSi2/c1-7-9-11-14(6,10-8-2)12-13(3,4)5/h7-11H2,1-6H3. The van der Waals surface area contributed by atoms with E-state index in [1.165, 1.54) is 31.4 Å². The van der Waals surface area contributed by atoms with Gasteiger partial charge in [0.1, 0.15) is 0 Å². The van der Waals surface area contributed by atoms with Crippen molar-refractivity contribution < 1.29 is 4.12 Å². The summed E-state index contributed by atoms with van der Waals surface area (Å²) >= 11 is 0. The van der Waals surface area contributed by atoms with Crippen LogP contribution in [0.4, 0.5) is 0 Å². The molecule has 1 atom stereocenters. The minimum Gasteiger partial charge on any atom is -0.456 e. The maximum Gasteiger partial charge on any atom is 0.176 e. The molecule has 0 rings (SSSR count). The lowest BCUT2D eigenvalue weighted by atomic mass is 10.4.